The van der Waals surface area contributed by atoms with Crippen LogP contribution in [0.5, 0.6) is 5.75 Å². The molecule has 0 bridgehead atoms. The molecule has 0 saturated heterocycles. The van der Waals surface area contributed by atoms with Crippen LogP contribution in [-0.2, 0) is 16.6 Å². The number of hydrogen-bond acceptors (Lipinski definition) is 5. The number of methoxy groups -OCH3 is 1. The summed E-state index contributed by atoms with van der Waals surface area (Å²) in [6.07, 6.45) is 1.44. The second-order valence-corrected chi connectivity index (χ2v) is 5.68. The van der Waals surface area contributed by atoms with Gasteiger partial charge < -0.3 is 10.5 Å². The minimum atomic E-state index is -3.72. The van der Waals surface area contributed by atoms with E-state index in [1.807, 2.05) is 0 Å². The molecular weight excluding hydrogens is 278 g/mol. The van der Waals surface area contributed by atoms with Crippen molar-refractivity contribution in [3.8, 4) is 5.75 Å². The number of nitrogens with zero attached hydrogens (tertiary/aromatic N) is 1. The summed E-state index contributed by atoms with van der Waals surface area (Å²) in [4.78, 5) is 3.90. The molecule has 2 aromatic rings. The lowest BCUT2D eigenvalue weighted by Gasteiger charge is -2.09. The van der Waals surface area contributed by atoms with E-state index in [1.165, 1.54) is 19.4 Å². The predicted octanol–water partition coefficient (Wildman–Crippen LogP) is 1.35. The van der Waals surface area contributed by atoms with Gasteiger partial charge in [0.15, 0.2) is 5.03 Å². The van der Waals surface area contributed by atoms with Crippen LogP contribution >= 0.6 is 0 Å². The standard InChI is InChI=1S/C13H15N3O3S/c1-19-12-4-2-3-11(7-12)16-20(17,18)13-6-5-10(8-14)9-15-13/h2-7,9,16H,8,14H2,1H3. The van der Waals surface area contributed by atoms with Gasteiger partial charge in [0.25, 0.3) is 10.0 Å². The highest BCUT2D eigenvalue weighted by atomic mass is 32.2. The number of aromatic nitrogens is 1. The zero-order chi connectivity index (χ0) is 14.6. The van der Waals surface area contributed by atoms with Gasteiger partial charge in [0, 0.05) is 18.8 Å². The summed E-state index contributed by atoms with van der Waals surface area (Å²) in [7, 11) is -2.21. The topological polar surface area (TPSA) is 94.3 Å². The lowest BCUT2D eigenvalue weighted by molar-refractivity contribution is 0.415. The number of pyridine rings is 1. The lowest BCUT2D eigenvalue weighted by Crippen LogP contribution is -2.14. The van der Waals surface area contributed by atoms with Crippen LogP contribution in [0, 0.1) is 0 Å². The summed E-state index contributed by atoms with van der Waals surface area (Å²) in [6, 6.07) is 9.70. The average Bonchev–Trinajstić information content (AvgIpc) is 2.47. The molecule has 0 aliphatic carbocycles. The number of anilines is 1. The van der Waals surface area contributed by atoms with Gasteiger partial charge >= 0.3 is 0 Å². The van der Waals surface area contributed by atoms with Gasteiger partial charge in [-0.25, -0.2) is 4.98 Å². The highest BCUT2D eigenvalue weighted by Gasteiger charge is 2.15. The number of nitrogens with two attached hydrogens (primary N) is 1. The third kappa shape index (κ3) is 3.25. The van der Waals surface area contributed by atoms with Gasteiger partial charge in [-0.05, 0) is 23.8 Å². The van der Waals surface area contributed by atoms with Gasteiger partial charge in [0.1, 0.15) is 5.75 Å². The van der Waals surface area contributed by atoms with Gasteiger partial charge in [0.05, 0.1) is 12.8 Å². The van der Waals surface area contributed by atoms with Crippen LogP contribution in [0.4, 0.5) is 5.69 Å². The number of nitrogens with one attached hydrogen (secondary N) is 1. The first-order valence-corrected chi connectivity index (χ1v) is 7.35. The Labute approximate surface area is 117 Å². The monoisotopic (exact) mass is 293 g/mol. The van der Waals surface area contributed by atoms with Gasteiger partial charge in [0.2, 0.25) is 0 Å². The molecule has 0 fully saturated rings. The summed E-state index contributed by atoms with van der Waals surface area (Å²) >= 11 is 0. The third-order valence-electron chi connectivity index (χ3n) is 2.63. The molecule has 0 radical (unpaired) electrons. The molecule has 3 N–H and O–H groups in total. The first kappa shape index (κ1) is 14.3. The minimum absolute atomic E-state index is 0.0579. The van der Waals surface area contributed by atoms with E-state index in [0.29, 0.717) is 18.0 Å². The second kappa shape index (κ2) is 5.89. The van der Waals surface area contributed by atoms with Crippen molar-refractivity contribution in [2.75, 3.05) is 11.8 Å². The van der Waals surface area contributed by atoms with E-state index in [4.69, 9.17) is 10.5 Å². The summed E-state index contributed by atoms with van der Waals surface area (Å²) in [5, 5.41) is -0.0579. The van der Waals surface area contributed by atoms with E-state index in [2.05, 4.69) is 9.71 Å². The zero-order valence-electron chi connectivity index (χ0n) is 10.9. The number of benzene rings is 1. The maximum atomic E-state index is 12.2. The Bertz CT molecular complexity index is 684. The first-order chi connectivity index (χ1) is 9.55. The summed E-state index contributed by atoms with van der Waals surface area (Å²) in [5.41, 5.74) is 6.63. The van der Waals surface area contributed by atoms with Crippen molar-refractivity contribution in [2.45, 2.75) is 11.6 Å². The van der Waals surface area contributed by atoms with Crippen molar-refractivity contribution in [3.63, 3.8) is 0 Å². The Hall–Kier alpha value is -2.12. The maximum Gasteiger partial charge on any atom is 0.279 e. The molecule has 0 spiro atoms. The largest absolute Gasteiger partial charge is 0.497 e. The molecular formula is C13H15N3O3S. The van der Waals surface area contributed by atoms with Crippen molar-refractivity contribution in [3.05, 3.63) is 48.2 Å². The van der Waals surface area contributed by atoms with Crippen molar-refractivity contribution in [2.24, 2.45) is 5.73 Å². The van der Waals surface area contributed by atoms with Crippen LogP contribution in [0.3, 0.4) is 0 Å². The van der Waals surface area contributed by atoms with Crippen LogP contribution in [0.15, 0.2) is 47.6 Å². The van der Waals surface area contributed by atoms with Crippen molar-refractivity contribution >= 4 is 15.7 Å². The fraction of sp³-hybridized carbons (Fsp3) is 0.154. The Morgan fingerprint density at radius 3 is 2.70 bits per heavy atom. The van der Waals surface area contributed by atoms with E-state index in [9.17, 15) is 8.42 Å². The van der Waals surface area contributed by atoms with Crippen molar-refractivity contribution in [1.29, 1.82) is 0 Å². The van der Waals surface area contributed by atoms with E-state index in [-0.39, 0.29) is 5.03 Å². The van der Waals surface area contributed by atoms with Crippen molar-refractivity contribution < 1.29 is 13.2 Å². The van der Waals surface area contributed by atoms with E-state index < -0.39 is 10.0 Å². The smallest absolute Gasteiger partial charge is 0.279 e. The van der Waals surface area contributed by atoms with E-state index in [0.717, 1.165) is 5.56 Å². The van der Waals surface area contributed by atoms with Gasteiger partial charge in [-0.2, -0.15) is 8.42 Å². The first-order valence-electron chi connectivity index (χ1n) is 5.87. The predicted molar refractivity (Wildman–Crippen MR) is 75.9 cm³/mol. The molecule has 0 saturated carbocycles. The van der Waals surface area contributed by atoms with Crippen LogP contribution in [-0.4, -0.2) is 20.5 Å². The third-order valence-corrected chi connectivity index (χ3v) is 3.93. The zero-order valence-corrected chi connectivity index (χ0v) is 11.7. The summed E-state index contributed by atoms with van der Waals surface area (Å²) in [5.74, 6) is 0.566. The van der Waals surface area contributed by atoms with Gasteiger partial charge in [-0.15, -0.1) is 0 Å². The molecule has 20 heavy (non-hydrogen) atoms. The van der Waals surface area contributed by atoms with Crippen molar-refractivity contribution in [1.82, 2.24) is 4.98 Å². The lowest BCUT2D eigenvalue weighted by atomic mass is 10.3. The molecule has 106 valence electrons. The Morgan fingerprint density at radius 2 is 2.10 bits per heavy atom. The van der Waals surface area contributed by atoms with Crippen LogP contribution in [0.1, 0.15) is 5.56 Å². The number of rotatable bonds is 5. The van der Waals surface area contributed by atoms with Gasteiger partial charge in [-0.1, -0.05) is 12.1 Å². The maximum absolute atomic E-state index is 12.2. The molecule has 2 rings (SSSR count). The fourth-order valence-electron chi connectivity index (χ4n) is 1.58. The SMILES string of the molecule is COc1cccc(NS(=O)(=O)c2ccc(CN)cn2)c1. The highest BCUT2D eigenvalue weighted by Crippen LogP contribution is 2.19. The molecule has 1 aromatic carbocycles. The molecule has 1 aromatic heterocycles. The normalized spacial score (nSPS) is 11.1. The number of hydrogen-bond donors (Lipinski definition) is 2. The second-order valence-electron chi connectivity index (χ2n) is 4.05. The van der Waals surface area contributed by atoms with Crippen LogP contribution < -0.4 is 15.2 Å². The van der Waals surface area contributed by atoms with Crippen LogP contribution in [0.2, 0.25) is 0 Å². The van der Waals surface area contributed by atoms with Crippen LogP contribution in [0.25, 0.3) is 0 Å². The number of sulfonamides is 1. The Morgan fingerprint density at radius 1 is 1.30 bits per heavy atom. The number of ether oxygens (including phenoxy) is 1. The molecule has 1 heterocycles. The average molecular weight is 293 g/mol. The highest BCUT2D eigenvalue weighted by molar-refractivity contribution is 7.92. The minimum Gasteiger partial charge on any atom is -0.497 e. The Balaban J connectivity index is 2.25. The molecule has 0 unspecified atom stereocenters. The molecule has 7 heteroatoms. The molecule has 0 aliphatic heterocycles. The quantitative estimate of drug-likeness (QED) is 0.867. The molecule has 6 nitrogen and oxygen atoms in total. The fourth-order valence-corrected chi connectivity index (χ4v) is 2.57. The van der Waals surface area contributed by atoms with E-state index in [1.54, 1.807) is 30.3 Å². The Kier molecular flexibility index (Phi) is 4.21. The summed E-state index contributed by atoms with van der Waals surface area (Å²) in [6.45, 7) is 0.316. The van der Waals surface area contributed by atoms with Gasteiger partial charge in [-0.3, -0.25) is 4.72 Å². The molecule has 0 aliphatic rings. The van der Waals surface area contributed by atoms with E-state index >= 15 is 0 Å². The molecule has 0 amide bonds. The summed E-state index contributed by atoms with van der Waals surface area (Å²) < 4.78 is 31.8. The molecule has 0 atom stereocenters.